The van der Waals surface area contributed by atoms with Crippen molar-refractivity contribution in [3.05, 3.63) is 243 Å². The zero-order chi connectivity index (χ0) is 47.3. The third-order valence-corrected chi connectivity index (χ3v) is 14.7. The summed E-state index contributed by atoms with van der Waals surface area (Å²) in [4.78, 5) is 11.0. The molecule has 336 valence electrons. The Morgan fingerprint density at radius 2 is 0.833 bits per heavy atom. The molecule has 0 saturated heterocycles. The Labute approximate surface area is 413 Å². The van der Waals surface area contributed by atoms with Crippen molar-refractivity contribution in [3.63, 3.8) is 0 Å². The molecule has 0 amide bonds. The Hall–Kier alpha value is -9.65. The summed E-state index contributed by atoms with van der Waals surface area (Å²) in [6, 6.07) is 87.2. The molecule has 0 aliphatic carbocycles. The van der Waals surface area contributed by atoms with Gasteiger partial charge in [0.2, 0.25) is 18.3 Å². The first-order valence-electron chi connectivity index (χ1n) is 24.5. The number of rotatable bonds is 7. The number of benzene rings is 11. The molecule has 0 fully saturated rings. The van der Waals surface area contributed by atoms with Crippen LogP contribution in [-0.4, -0.2) is 19.1 Å². The van der Waals surface area contributed by atoms with Crippen LogP contribution >= 0.6 is 0 Å². The first kappa shape index (κ1) is 40.3. The maximum Gasteiger partial charge on any atom is 0.235 e. The highest BCUT2D eigenvalue weighted by atomic mass is 15.3. The highest BCUT2D eigenvalue weighted by Gasteiger charge is 2.24. The van der Waals surface area contributed by atoms with Gasteiger partial charge in [0, 0.05) is 38.2 Å². The average Bonchev–Trinajstić information content (AvgIpc) is 4.13. The monoisotopic (exact) mass is 918 g/mol. The Kier molecular flexibility index (Phi) is 8.92. The molecule has 11 aromatic carbocycles. The highest BCUT2D eigenvalue weighted by molar-refractivity contribution is 6.25. The van der Waals surface area contributed by atoms with Crippen LogP contribution in [0.4, 0.5) is 0 Å². The minimum Gasteiger partial charge on any atom is -0.408 e. The van der Waals surface area contributed by atoms with Crippen molar-refractivity contribution < 1.29 is 4.68 Å². The molecule has 6 heteroatoms. The molecule has 0 bridgehead atoms. The maximum atomic E-state index is 5.51. The predicted molar refractivity (Wildman–Crippen MR) is 296 cm³/mol. The van der Waals surface area contributed by atoms with Crippen LogP contribution in [0.15, 0.2) is 243 Å². The molecule has 0 atom stereocenters. The van der Waals surface area contributed by atoms with E-state index in [2.05, 4.69) is 256 Å². The van der Waals surface area contributed by atoms with Gasteiger partial charge in [0.15, 0.2) is 0 Å². The standard InChI is InChI=1S/C66H42N6/c1-5-17-46-35-50(29-25-42(46)13-1)57-39-58(51-30-26-43-14-2-6-18-47(43)36-51)68-66(67-57)72-61-24-12-10-22-56(61)64-62(72)34-33-55-54-21-9-11-23-60(54)70(65(55)64)41-71-63(53-32-28-45-16-4-8-20-49(45)38-53)40-59(69-71)52-31-27-44-15-3-7-19-48(44)37-52/h1-40H,41H2. The maximum absolute atomic E-state index is 5.51. The van der Waals surface area contributed by atoms with Crippen LogP contribution in [0, 0.1) is 0 Å². The zero-order valence-corrected chi connectivity index (χ0v) is 39.0. The molecule has 0 spiro atoms. The largest absolute Gasteiger partial charge is 0.408 e. The minimum atomic E-state index is 0.471. The lowest BCUT2D eigenvalue weighted by Crippen LogP contribution is -2.42. The summed E-state index contributed by atoms with van der Waals surface area (Å²) < 4.78 is 6.94. The molecule has 0 radical (unpaired) electrons. The number of fused-ring (bicyclic) bond motifs is 11. The summed E-state index contributed by atoms with van der Waals surface area (Å²) in [7, 11) is 0. The first-order chi connectivity index (χ1) is 35.6. The van der Waals surface area contributed by atoms with Crippen LogP contribution in [0.3, 0.4) is 0 Å². The normalized spacial score (nSPS) is 11.9. The average molecular weight is 919 g/mol. The Morgan fingerprint density at radius 3 is 1.43 bits per heavy atom. The fraction of sp³-hybridized carbons (Fsp3) is 0.0152. The fourth-order valence-corrected chi connectivity index (χ4v) is 11.2. The van der Waals surface area contributed by atoms with E-state index >= 15 is 0 Å². The van der Waals surface area contributed by atoms with E-state index in [1.54, 1.807) is 0 Å². The van der Waals surface area contributed by atoms with E-state index in [4.69, 9.17) is 15.1 Å². The summed E-state index contributed by atoms with van der Waals surface area (Å²) in [6.45, 7) is 0.471. The van der Waals surface area contributed by atoms with Crippen LogP contribution in [0.1, 0.15) is 0 Å². The van der Waals surface area contributed by atoms with E-state index in [1.807, 2.05) is 0 Å². The van der Waals surface area contributed by atoms with Crippen molar-refractivity contribution in [2.24, 2.45) is 0 Å². The number of para-hydroxylation sites is 2. The fourth-order valence-electron chi connectivity index (χ4n) is 11.2. The molecular formula is C66H42N6. The number of hydrogen-bond donors (Lipinski definition) is 0. The minimum absolute atomic E-state index is 0.471. The van der Waals surface area contributed by atoms with E-state index in [0.29, 0.717) is 12.6 Å². The van der Waals surface area contributed by atoms with Crippen molar-refractivity contribution in [2.45, 2.75) is 6.67 Å². The van der Waals surface area contributed by atoms with Crippen molar-refractivity contribution in [2.75, 3.05) is 0 Å². The van der Waals surface area contributed by atoms with Gasteiger partial charge in [0.25, 0.3) is 0 Å². The number of hydrogen-bond acceptors (Lipinski definition) is 2. The zero-order valence-electron chi connectivity index (χ0n) is 39.0. The van der Waals surface area contributed by atoms with Crippen molar-refractivity contribution in [1.29, 1.82) is 0 Å². The van der Waals surface area contributed by atoms with Crippen LogP contribution in [-0.2, 0) is 6.67 Å². The lowest BCUT2D eigenvalue weighted by molar-refractivity contribution is -0.747. The third-order valence-electron chi connectivity index (χ3n) is 14.7. The second kappa shape index (κ2) is 16.0. The number of aromatic nitrogens is 6. The van der Waals surface area contributed by atoms with Gasteiger partial charge < -0.3 is 5.10 Å². The van der Waals surface area contributed by atoms with Crippen LogP contribution < -0.4 is 9.78 Å². The van der Waals surface area contributed by atoms with Gasteiger partial charge in [0.1, 0.15) is 0 Å². The first-order valence-corrected chi connectivity index (χ1v) is 24.5. The lowest BCUT2D eigenvalue weighted by atomic mass is 10.0. The van der Waals surface area contributed by atoms with Crippen LogP contribution in [0.2, 0.25) is 0 Å². The molecule has 4 heterocycles. The van der Waals surface area contributed by atoms with E-state index in [1.165, 1.54) is 53.9 Å². The molecular weight excluding hydrogens is 877 g/mol. The predicted octanol–water partition coefficient (Wildman–Crippen LogP) is 15.7. The Morgan fingerprint density at radius 1 is 0.361 bits per heavy atom. The summed E-state index contributed by atoms with van der Waals surface area (Å²) in [6.07, 6.45) is 0. The summed E-state index contributed by atoms with van der Waals surface area (Å²) in [5, 5.41) is 19.7. The number of nitrogens with zero attached hydrogens (tertiary/aromatic N) is 6. The van der Waals surface area contributed by atoms with Gasteiger partial charge in [-0.3, -0.25) is 9.13 Å². The molecule has 0 aliphatic rings. The van der Waals surface area contributed by atoms with Crippen LogP contribution in [0.5, 0.6) is 0 Å². The van der Waals surface area contributed by atoms with Gasteiger partial charge in [-0.25, -0.2) is 14.6 Å². The molecule has 0 unspecified atom stereocenters. The molecule has 15 aromatic rings. The van der Waals surface area contributed by atoms with Crippen molar-refractivity contribution >= 4 is 86.7 Å². The quantitative estimate of drug-likeness (QED) is 0.150. The molecule has 6 nitrogen and oxygen atoms in total. The molecule has 15 rings (SSSR count). The smallest absolute Gasteiger partial charge is 0.235 e. The summed E-state index contributed by atoms with van der Waals surface area (Å²) in [5.41, 5.74) is 12.3. The van der Waals surface area contributed by atoms with Crippen LogP contribution in [0.25, 0.3) is 138 Å². The summed E-state index contributed by atoms with van der Waals surface area (Å²) in [5.74, 6) is 0.614. The van der Waals surface area contributed by atoms with Crippen molar-refractivity contribution in [1.82, 2.24) is 24.2 Å². The lowest BCUT2D eigenvalue weighted by Gasteiger charge is -2.13. The molecule has 4 aromatic heterocycles. The van der Waals surface area contributed by atoms with E-state index in [-0.39, 0.29) is 0 Å². The van der Waals surface area contributed by atoms with Gasteiger partial charge >= 0.3 is 0 Å². The summed E-state index contributed by atoms with van der Waals surface area (Å²) >= 11 is 0. The molecule has 0 saturated carbocycles. The van der Waals surface area contributed by atoms with Gasteiger partial charge in [0.05, 0.1) is 33.5 Å². The van der Waals surface area contributed by atoms with Crippen molar-refractivity contribution in [3.8, 4) is 51.0 Å². The second-order valence-corrected chi connectivity index (χ2v) is 18.9. The van der Waals surface area contributed by atoms with Gasteiger partial charge in [-0.2, -0.15) is 0 Å². The molecule has 72 heavy (non-hydrogen) atoms. The van der Waals surface area contributed by atoms with E-state index in [0.717, 1.165) is 77.9 Å². The van der Waals surface area contributed by atoms with E-state index < -0.39 is 0 Å². The van der Waals surface area contributed by atoms with Gasteiger partial charge in [-0.05, 0) is 109 Å². The highest BCUT2D eigenvalue weighted by Crippen LogP contribution is 2.41. The topological polar surface area (TPSA) is 53.6 Å². The van der Waals surface area contributed by atoms with E-state index in [9.17, 15) is 0 Å². The second-order valence-electron chi connectivity index (χ2n) is 18.9. The third kappa shape index (κ3) is 6.46. The Bertz CT molecular complexity index is 4590. The molecule has 0 N–H and O–H groups in total. The molecule has 0 aliphatic heterocycles. The van der Waals surface area contributed by atoms with Gasteiger partial charge in [-0.15, -0.1) is 0 Å². The van der Waals surface area contributed by atoms with Gasteiger partial charge in [-0.1, -0.05) is 188 Å². The Balaban J connectivity index is 0.972. The SMILES string of the molecule is c1ccc2cc(-c3cc(-c4ccc5ccccc5c4)nc(-n4c5ccccc5c5c6c(ccc54)c4ccccc4n6C[n+]4[n-]c(-c5ccc6ccccc6c5)cc4-c4ccc5ccccc5c4)n3)ccc2c1.